The van der Waals surface area contributed by atoms with Gasteiger partial charge in [-0.3, -0.25) is 0 Å². The van der Waals surface area contributed by atoms with Crippen molar-refractivity contribution in [3.05, 3.63) is 157 Å². The lowest BCUT2D eigenvalue weighted by Gasteiger charge is -2.44. The molecule has 0 spiro atoms. The Morgan fingerprint density at radius 3 is 1.62 bits per heavy atom. The van der Waals surface area contributed by atoms with Gasteiger partial charge >= 0.3 is 0 Å². The van der Waals surface area contributed by atoms with E-state index < -0.39 is 24.2 Å². The van der Waals surface area contributed by atoms with Gasteiger partial charge in [0.25, 0.3) is 0 Å². The van der Waals surface area contributed by atoms with Crippen molar-refractivity contribution < 1.29 is 11.0 Å². The van der Waals surface area contributed by atoms with E-state index in [-0.39, 0.29) is 56.5 Å². The Bertz CT molecular complexity index is 2920. The molecule has 1 aliphatic rings. The average Bonchev–Trinajstić information content (AvgIpc) is 3.20. The molecule has 232 valence electrons. The standard InChI is InChI=1S/C48H40/c1-47(2)28-29-48(3,4)46-42(47)27-26-40(43(46)31-16-6-5-7-17-31)44-36-22-12-14-24-38(36)45(39-25-15-13-23-37(39)44)41-30-32-18-8-9-19-33(32)34-20-10-11-21-35(34)41/h5-27,30H,28-29H2,1-4H3/i12D,13D,14D,15D,22D,23D,24D,25D. The summed E-state index contributed by atoms with van der Waals surface area (Å²) in [6, 6.07) is 29.4. The Morgan fingerprint density at radius 2 is 0.979 bits per heavy atom. The van der Waals surface area contributed by atoms with Gasteiger partial charge in [0.2, 0.25) is 0 Å². The summed E-state index contributed by atoms with van der Waals surface area (Å²) in [6.07, 6.45) is 1.91. The van der Waals surface area contributed by atoms with Gasteiger partial charge in [-0.05, 0) is 117 Å². The van der Waals surface area contributed by atoms with Crippen molar-refractivity contribution in [3.8, 4) is 33.4 Å². The molecule has 0 unspecified atom stereocenters. The molecule has 0 nitrogen and oxygen atoms in total. The molecule has 8 aromatic carbocycles. The van der Waals surface area contributed by atoms with Crippen molar-refractivity contribution in [2.24, 2.45) is 0 Å². The highest BCUT2D eigenvalue weighted by Gasteiger charge is 2.40. The van der Waals surface area contributed by atoms with E-state index in [1.807, 2.05) is 78.9 Å². The molecule has 0 saturated heterocycles. The zero-order valence-corrected chi connectivity index (χ0v) is 27.7. The zero-order valence-electron chi connectivity index (χ0n) is 35.7. The van der Waals surface area contributed by atoms with Crippen LogP contribution in [0, 0.1) is 0 Å². The van der Waals surface area contributed by atoms with Gasteiger partial charge in [0.1, 0.15) is 0 Å². The van der Waals surface area contributed by atoms with Crippen LogP contribution in [0.15, 0.2) is 145 Å². The highest BCUT2D eigenvalue weighted by molar-refractivity contribution is 6.26. The molecule has 0 bridgehead atoms. The van der Waals surface area contributed by atoms with Crippen LogP contribution in [0.5, 0.6) is 0 Å². The smallest absolute Gasteiger partial charge is 0.0622 e. The van der Waals surface area contributed by atoms with Crippen molar-refractivity contribution in [1.29, 1.82) is 0 Å². The molecule has 0 heteroatoms. The Balaban J connectivity index is 1.62. The van der Waals surface area contributed by atoms with Gasteiger partial charge in [0.05, 0.1) is 11.0 Å². The van der Waals surface area contributed by atoms with Crippen molar-refractivity contribution in [3.63, 3.8) is 0 Å². The highest BCUT2D eigenvalue weighted by atomic mass is 14.4. The van der Waals surface area contributed by atoms with E-state index in [2.05, 4.69) is 45.9 Å². The number of benzene rings is 8. The second kappa shape index (κ2) is 10.7. The Hall–Kier alpha value is -5.20. The van der Waals surface area contributed by atoms with Crippen molar-refractivity contribution in [1.82, 2.24) is 0 Å². The fourth-order valence-electron chi connectivity index (χ4n) is 8.29. The van der Waals surface area contributed by atoms with Crippen LogP contribution in [0.25, 0.3) is 76.5 Å². The van der Waals surface area contributed by atoms with E-state index in [1.165, 1.54) is 5.56 Å². The molecule has 0 N–H and O–H groups in total. The van der Waals surface area contributed by atoms with E-state index in [4.69, 9.17) is 5.48 Å². The molecule has 0 heterocycles. The summed E-state index contributed by atoms with van der Waals surface area (Å²) in [5.41, 5.74) is 5.80. The first-order chi connectivity index (χ1) is 26.7. The Morgan fingerprint density at radius 1 is 0.458 bits per heavy atom. The van der Waals surface area contributed by atoms with Crippen LogP contribution in [0.3, 0.4) is 0 Å². The first kappa shape index (κ1) is 21.6. The van der Waals surface area contributed by atoms with E-state index >= 15 is 0 Å². The number of fused-ring (bicyclic) bond motifs is 6. The van der Waals surface area contributed by atoms with Gasteiger partial charge in [-0.2, -0.15) is 0 Å². The molecule has 1 aliphatic carbocycles. The maximum absolute atomic E-state index is 9.69. The van der Waals surface area contributed by atoms with Crippen LogP contribution < -0.4 is 0 Å². The lowest BCUT2D eigenvalue weighted by molar-refractivity contribution is 0.333. The third kappa shape index (κ3) is 4.29. The summed E-state index contributed by atoms with van der Waals surface area (Å²) < 4.78 is 74.8. The highest BCUT2D eigenvalue weighted by Crippen LogP contribution is 2.54. The van der Waals surface area contributed by atoms with Crippen molar-refractivity contribution in [2.45, 2.75) is 51.4 Å². The minimum atomic E-state index is -0.406. The number of hydrogen-bond acceptors (Lipinski definition) is 0. The van der Waals surface area contributed by atoms with E-state index in [0.717, 1.165) is 51.1 Å². The van der Waals surface area contributed by atoms with Crippen LogP contribution in [-0.2, 0) is 10.8 Å². The number of rotatable bonds is 3. The summed E-state index contributed by atoms with van der Waals surface area (Å²) in [5, 5.41) is 4.55. The lowest BCUT2D eigenvalue weighted by atomic mass is 9.60. The largest absolute Gasteiger partial charge is 0.0629 e. The molecule has 0 radical (unpaired) electrons. The van der Waals surface area contributed by atoms with Gasteiger partial charge in [-0.1, -0.05) is 167 Å². The minimum Gasteiger partial charge on any atom is -0.0622 e. The first-order valence-corrected chi connectivity index (χ1v) is 16.8. The predicted molar refractivity (Wildman–Crippen MR) is 208 cm³/mol. The summed E-state index contributed by atoms with van der Waals surface area (Å²) in [6.45, 7) is 9.02. The van der Waals surface area contributed by atoms with Crippen LogP contribution in [-0.4, -0.2) is 0 Å². The van der Waals surface area contributed by atoms with Gasteiger partial charge in [0.15, 0.2) is 0 Å². The normalized spacial score (nSPS) is 17.6. The van der Waals surface area contributed by atoms with Gasteiger partial charge < -0.3 is 0 Å². The third-order valence-corrected chi connectivity index (χ3v) is 10.7. The molecular weight excluding hydrogens is 577 g/mol. The molecule has 0 saturated carbocycles. The summed E-state index contributed by atoms with van der Waals surface area (Å²) in [5.74, 6) is 0. The number of hydrogen-bond donors (Lipinski definition) is 0. The molecule has 0 aromatic heterocycles. The summed E-state index contributed by atoms with van der Waals surface area (Å²) >= 11 is 0. The van der Waals surface area contributed by atoms with Crippen molar-refractivity contribution >= 4 is 43.1 Å². The summed E-state index contributed by atoms with van der Waals surface area (Å²) in [7, 11) is 0. The van der Waals surface area contributed by atoms with Crippen LogP contribution in [0.1, 0.15) is 62.6 Å². The summed E-state index contributed by atoms with van der Waals surface area (Å²) in [4.78, 5) is 0. The second-order valence-electron chi connectivity index (χ2n) is 14.5. The van der Waals surface area contributed by atoms with E-state index in [0.29, 0.717) is 22.3 Å². The van der Waals surface area contributed by atoms with Gasteiger partial charge in [-0.25, -0.2) is 0 Å². The molecule has 9 rings (SSSR count). The first-order valence-electron chi connectivity index (χ1n) is 20.8. The Labute approximate surface area is 294 Å². The topological polar surface area (TPSA) is 0 Å². The van der Waals surface area contributed by atoms with Gasteiger partial charge in [0, 0.05) is 0 Å². The van der Waals surface area contributed by atoms with E-state index in [9.17, 15) is 5.48 Å². The third-order valence-electron chi connectivity index (χ3n) is 10.7. The zero-order chi connectivity index (χ0) is 39.6. The molecule has 0 aliphatic heterocycles. The second-order valence-corrected chi connectivity index (χ2v) is 14.5. The molecular formula is C48H40. The Kier molecular flexibility index (Phi) is 4.80. The fourth-order valence-corrected chi connectivity index (χ4v) is 8.29. The molecule has 0 fully saturated rings. The van der Waals surface area contributed by atoms with Crippen LogP contribution in [0.2, 0.25) is 0 Å². The van der Waals surface area contributed by atoms with Crippen molar-refractivity contribution in [2.75, 3.05) is 0 Å². The molecule has 48 heavy (non-hydrogen) atoms. The SMILES string of the molecule is [2H]c1c([2H])c([2H])c2c(-c3cc4ccccc4c4ccccc34)c3c([2H])c([2H])c([2H])c([2H])c3c(-c3ccc4c(c3-c3ccccc3)C(C)(C)CCC4(C)C)c2c1[2H]. The molecule has 0 atom stereocenters. The fraction of sp³-hybridized carbons (Fsp3) is 0.167. The maximum atomic E-state index is 9.69. The van der Waals surface area contributed by atoms with E-state index in [1.54, 1.807) is 0 Å². The monoisotopic (exact) mass is 624 g/mol. The average molecular weight is 625 g/mol. The molecule has 8 aromatic rings. The quantitative estimate of drug-likeness (QED) is 0.135. The molecule has 0 amide bonds. The van der Waals surface area contributed by atoms with Crippen LogP contribution >= 0.6 is 0 Å². The lowest BCUT2D eigenvalue weighted by Crippen LogP contribution is -2.34. The van der Waals surface area contributed by atoms with Crippen LogP contribution in [0.4, 0.5) is 0 Å². The maximum Gasteiger partial charge on any atom is 0.0629 e. The van der Waals surface area contributed by atoms with Gasteiger partial charge in [-0.15, -0.1) is 0 Å². The predicted octanol–water partition coefficient (Wildman–Crippen LogP) is 13.6. The minimum absolute atomic E-state index is 0.148.